The van der Waals surface area contributed by atoms with Gasteiger partial charge in [-0.25, -0.2) is 13.4 Å². The number of H-pyrrole nitrogens is 1. The minimum Gasteiger partial charge on any atom is -0.491 e. The number of aromatic nitrogens is 2. The van der Waals surface area contributed by atoms with E-state index in [9.17, 15) is 13.2 Å². The summed E-state index contributed by atoms with van der Waals surface area (Å²) >= 11 is 0. The van der Waals surface area contributed by atoms with Crippen LogP contribution in [0.1, 0.15) is 21.7 Å². The smallest absolute Gasteiger partial charge is 0.254 e. The van der Waals surface area contributed by atoms with Gasteiger partial charge in [-0.1, -0.05) is 12.1 Å². The van der Waals surface area contributed by atoms with Crippen LogP contribution in [0.2, 0.25) is 0 Å². The normalized spacial score (nSPS) is 13.9. The number of aromatic amines is 1. The molecule has 1 aromatic heterocycles. The van der Waals surface area contributed by atoms with Crippen molar-refractivity contribution in [3.05, 3.63) is 77.6 Å². The van der Waals surface area contributed by atoms with Crippen molar-refractivity contribution in [1.82, 2.24) is 14.9 Å². The summed E-state index contributed by atoms with van der Waals surface area (Å²) in [5, 5.41) is 0. The highest BCUT2D eigenvalue weighted by molar-refractivity contribution is 7.90. The van der Waals surface area contributed by atoms with Crippen molar-refractivity contribution in [2.75, 3.05) is 19.4 Å². The van der Waals surface area contributed by atoms with E-state index in [4.69, 9.17) is 10.5 Å². The van der Waals surface area contributed by atoms with Gasteiger partial charge in [-0.15, -0.1) is 0 Å². The van der Waals surface area contributed by atoms with Gasteiger partial charge in [0.25, 0.3) is 5.91 Å². The number of hydrogen-bond donors (Lipinski definition) is 2. The van der Waals surface area contributed by atoms with Crippen molar-refractivity contribution in [3.63, 3.8) is 0 Å². The van der Waals surface area contributed by atoms with Crippen LogP contribution >= 0.6 is 0 Å². The lowest BCUT2D eigenvalue weighted by molar-refractivity contribution is 0.0733. The highest BCUT2D eigenvalue weighted by Crippen LogP contribution is 2.31. The lowest BCUT2D eigenvalue weighted by Crippen LogP contribution is -2.32. The summed E-state index contributed by atoms with van der Waals surface area (Å²) in [7, 11) is -3.32. The summed E-state index contributed by atoms with van der Waals surface area (Å²) in [4.78, 5) is 22.7. The molecule has 1 amide bonds. The van der Waals surface area contributed by atoms with Crippen LogP contribution in [0.5, 0.6) is 5.75 Å². The van der Waals surface area contributed by atoms with Gasteiger partial charge in [-0.05, 0) is 59.7 Å². The first-order valence-corrected chi connectivity index (χ1v) is 12.8. The lowest BCUT2D eigenvalue weighted by atomic mass is 10.0. The van der Waals surface area contributed by atoms with Crippen LogP contribution in [0.15, 0.2) is 65.6 Å². The monoisotopic (exact) mass is 476 g/mol. The van der Waals surface area contributed by atoms with E-state index in [-0.39, 0.29) is 10.8 Å². The second-order valence-corrected chi connectivity index (χ2v) is 10.3. The average Bonchev–Trinajstić information content (AvgIpc) is 3.13. The largest absolute Gasteiger partial charge is 0.491 e. The van der Waals surface area contributed by atoms with Crippen molar-refractivity contribution >= 4 is 26.8 Å². The fourth-order valence-electron chi connectivity index (χ4n) is 4.11. The Morgan fingerprint density at radius 3 is 2.56 bits per heavy atom. The summed E-state index contributed by atoms with van der Waals surface area (Å²) in [5.74, 6) is 1.32. The van der Waals surface area contributed by atoms with Crippen LogP contribution in [0.25, 0.3) is 22.2 Å². The highest BCUT2D eigenvalue weighted by Gasteiger charge is 2.22. The second-order valence-electron chi connectivity index (χ2n) is 8.31. The molecule has 4 aromatic rings. The van der Waals surface area contributed by atoms with Gasteiger partial charge in [0.2, 0.25) is 0 Å². The van der Waals surface area contributed by atoms with E-state index in [0.717, 1.165) is 45.6 Å². The molecule has 0 saturated carbocycles. The third-order valence-corrected chi connectivity index (χ3v) is 7.04. The van der Waals surface area contributed by atoms with Gasteiger partial charge in [-0.3, -0.25) is 4.79 Å². The number of rotatable bonds is 4. The second kappa shape index (κ2) is 8.58. The molecule has 0 spiro atoms. The summed E-state index contributed by atoms with van der Waals surface area (Å²) in [5.41, 5.74) is 10.8. The fraction of sp³-hybridized carbons (Fsp3) is 0.200. The topological polar surface area (TPSA) is 118 Å². The lowest BCUT2D eigenvalue weighted by Gasteiger charge is -2.20. The Bertz CT molecular complexity index is 1490. The van der Waals surface area contributed by atoms with E-state index in [2.05, 4.69) is 9.97 Å². The Morgan fingerprint density at radius 2 is 1.82 bits per heavy atom. The maximum atomic E-state index is 13.2. The first-order valence-electron chi connectivity index (χ1n) is 10.9. The van der Waals surface area contributed by atoms with E-state index in [0.29, 0.717) is 31.8 Å². The van der Waals surface area contributed by atoms with Gasteiger partial charge < -0.3 is 20.4 Å². The molecule has 174 valence electrons. The van der Waals surface area contributed by atoms with Crippen molar-refractivity contribution < 1.29 is 17.9 Å². The Hall–Kier alpha value is -3.69. The van der Waals surface area contributed by atoms with Crippen LogP contribution in [-0.2, 0) is 22.9 Å². The number of nitrogens with one attached hydrogen (secondary N) is 1. The number of carbonyl (C=O) groups excluding carboxylic acids is 1. The summed E-state index contributed by atoms with van der Waals surface area (Å²) in [6, 6.07) is 18.0. The maximum absolute atomic E-state index is 13.2. The Labute approximate surface area is 197 Å². The zero-order chi connectivity index (χ0) is 23.9. The minimum absolute atomic E-state index is 0.171. The zero-order valence-electron chi connectivity index (χ0n) is 18.6. The Kier molecular flexibility index (Phi) is 5.59. The molecule has 0 unspecified atom stereocenters. The summed E-state index contributed by atoms with van der Waals surface area (Å²) in [6.45, 7) is 1.54. The number of fused-ring (bicyclic) bond motifs is 2. The molecule has 1 aliphatic rings. The number of sulfone groups is 1. The van der Waals surface area contributed by atoms with Crippen molar-refractivity contribution in [2.45, 2.75) is 18.0 Å². The summed E-state index contributed by atoms with van der Waals surface area (Å²) < 4.78 is 29.3. The molecule has 34 heavy (non-hydrogen) atoms. The predicted octanol–water partition coefficient (Wildman–Crippen LogP) is 3.13. The predicted molar refractivity (Wildman–Crippen MR) is 129 cm³/mol. The molecule has 0 atom stereocenters. The first-order chi connectivity index (χ1) is 16.3. The maximum Gasteiger partial charge on any atom is 0.254 e. The van der Waals surface area contributed by atoms with Gasteiger partial charge in [0.05, 0.1) is 29.0 Å². The highest BCUT2D eigenvalue weighted by atomic mass is 32.2. The molecule has 9 heteroatoms. The molecule has 3 N–H and O–H groups in total. The van der Waals surface area contributed by atoms with Crippen LogP contribution < -0.4 is 10.5 Å². The van der Waals surface area contributed by atoms with Crippen molar-refractivity contribution in [2.24, 2.45) is 5.73 Å². The van der Waals surface area contributed by atoms with Crippen molar-refractivity contribution in [1.29, 1.82) is 0 Å². The van der Waals surface area contributed by atoms with E-state index in [1.165, 1.54) is 12.1 Å². The number of carbonyl (C=O) groups is 1. The van der Waals surface area contributed by atoms with Crippen molar-refractivity contribution in [3.8, 4) is 16.9 Å². The van der Waals surface area contributed by atoms with E-state index in [1.807, 2.05) is 36.4 Å². The molecular weight excluding hydrogens is 452 g/mol. The SMILES string of the molecule is CS(=O)(=O)c1ccc(C(=O)N2CCOc3ccc(-c4ccc5nc(CN)[nH]c5c4)cc3C2)cc1. The van der Waals surface area contributed by atoms with Gasteiger partial charge in [-0.2, -0.15) is 0 Å². The van der Waals surface area contributed by atoms with Crippen LogP contribution in [-0.4, -0.2) is 48.6 Å². The molecule has 0 aliphatic carbocycles. The number of imidazole rings is 1. The summed E-state index contributed by atoms with van der Waals surface area (Å²) in [6.07, 6.45) is 1.14. The molecule has 0 fully saturated rings. The molecule has 2 heterocycles. The quantitative estimate of drug-likeness (QED) is 0.467. The van der Waals surface area contributed by atoms with E-state index < -0.39 is 9.84 Å². The Morgan fingerprint density at radius 1 is 1.09 bits per heavy atom. The van der Waals surface area contributed by atoms with Gasteiger partial charge in [0.15, 0.2) is 9.84 Å². The number of ether oxygens (including phenoxy) is 1. The molecule has 8 nitrogen and oxygen atoms in total. The van der Waals surface area contributed by atoms with E-state index in [1.54, 1.807) is 17.0 Å². The minimum atomic E-state index is -3.32. The fourth-order valence-corrected chi connectivity index (χ4v) is 4.74. The van der Waals surface area contributed by atoms with Gasteiger partial charge in [0, 0.05) is 23.9 Å². The molecular formula is C25H24N4O4S. The third kappa shape index (κ3) is 4.27. The van der Waals surface area contributed by atoms with E-state index >= 15 is 0 Å². The van der Waals surface area contributed by atoms with Gasteiger partial charge >= 0.3 is 0 Å². The van der Waals surface area contributed by atoms with Crippen LogP contribution in [0.4, 0.5) is 0 Å². The number of nitrogens with two attached hydrogens (primary N) is 1. The number of nitrogens with zero attached hydrogens (tertiary/aromatic N) is 2. The Balaban J connectivity index is 1.42. The molecule has 0 radical (unpaired) electrons. The van der Waals surface area contributed by atoms with Crippen LogP contribution in [0, 0.1) is 0 Å². The number of benzene rings is 3. The molecule has 5 rings (SSSR count). The van der Waals surface area contributed by atoms with Crippen LogP contribution in [0.3, 0.4) is 0 Å². The molecule has 3 aromatic carbocycles. The number of amides is 1. The molecule has 1 aliphatic heterocycles. The average molecular weight is 477 g/mol. The number of hydrogen-bond acceptors (Lipinski definition) is 6. The standard InChI is InChI=1S/C25H24N4O4S/c1-34(31,32)20-6-2-16(3-7-20)25(30)29-10-11-33-23-9-5-17(12-19(23)15-29)18-4-8-21-22(13-18)28-24(14-26)27-21/h2-9,12-13H,10-11,14-15,26H2,1H3,(H,27,28). The molecule has 0 saturated heterocycles. The third-order valence-electron chi connectivity index (χ3n) is 5.91. The van der Waals surface area contributed by atoms with Gasteiger partial charge in [0.1, 0.15) is 18.2 Å². The zero-order valence-corrected chi connectivity index (χ0v) is 19.4. The molecule has 0 bridgehead atoms. The first kappa shape index (κ1) is 22.1.